The molecule has 0 radical (unpaired) electrons. The van der Waals surface area contributed by atoms with E-state index in [2.05, 4.69) is 38.9 Å². The first-order chi connectivity index (χ1) is 18.4. The standard InChI is InChI=1S/C28H26N6O3S/c1-17-14-20(18(2)33(17)23-9-5-7-19-6-3-4-8-21(19)23)15-22-26(29)34-28(30-27(22)36)38-24(31-34)16-25(35)32-10-12-37-13-11-32/h3-9,14-15,29H,10-13,16H2,1-2H3/b22-15+,29-26?. The van der Waals surface area contributed by atoms with Crippen molar-refractivity contribution in [1.29, 1.82) is 5.41 Å². The highest BCUT2D eigenvalue weighted by Crippen LogP contribution is 2.32. The van der Waals surface area contributed by atoms with Crippen LogP contribution in [0.25, 0.3) is 22.5 Å². The number of fused-ring (bicyclic) bond motifs is 2. The van der Waals surface area contributed by atoms with E-state index in [1.54, 1.807) is 11.0 Å². The van der Waals surface area contributed by atoms with Gasteiger partial charge in [0.05, 0.1) is 30.9 Å². The van der Waals surface area contributed by atoms with Crippen LogP contribution in [0.5, 0.6) is 0 Å². The Hall–Kier alpha value is -4.02. The van der Waals surface area contributed by atoms with E-state index < -0.39 is 5.91 Å². The highest BCUT2D eigenvalue weighted by molar-refractivity contribution is 8.27. The number of amidine groups is 2. The summed E-state index contributed by atoms with van der Waals surface area (Å²) in [4.78, 5) is 31.6. The highest BCUT2D eigenvalue weighted by atomic mass is 32.2. The van der Waals surface area contributed by atoms with Crippen LogP contribution in [0.4, 0.5) is 0 Å². The van der Waals surface area contributed by atoms with Crippen molar-refractivity contribution in [3.63, 3.8) is 0 Å². The van der Waals surface area contributed by atoms with Gasteiger partial charge in [-0.15, -0.1) is 0 Å². The van der Waals surface area contributed by atoms with Crippen LogP contribution in [-0.4, -0.2) is 68.6 Å². The number of carbonyl (C=O) groups excluding carboxylic acids is 2. The molecular formula is C28H26N6O3S. The lowest BCUT2D eigenvalue weighted by Gasteiger charge is -2.26. The van der Waals surface area contributed by atoms with E-state index >= 15 is 0 Å². The summed E-state index contributed by atoms with van der Waals surface area (Å²) in [6, 6.07) is 16.5. The molecule has 1 fully saturated rings. The number of aryl methyl sites for hydroxylation is 1. The lowest BCUT2D eigenvalue weighted by molar-refractivity contribution is -0.133. The summed E-state index contributed by atoms with van der Waals surface area (Å²) in [6.07, 6.45) is 1.82. The van der Waals surface area contributed by atoms with E-state index in [1.807, 2.05) is 38.1 Å². The highest BCUT2D eigenvalue weighted by Gasteiger charge is 2.36. The molecule has 1 N–H and O–H groups in total. The average molecular weight is 527 g/mol. The van der Waals surface area contributed by atoms with E-state index in [0.717, 1.165) is 33.4 Å². The number of nitrogens with one attached hydrogen (secondary N) is 1. The molecule has 3 aliphatic rings. The maximum Gasteiger partial charge on any atom is 0.283 e. The normalized spacial score (nSPS) is 18.7. The van der Waals surface area contributed by atoms with Gasteiger partial charge in [-0.05, 0) is 54.8 Å². The van der Waals surface area contributed by atoms with Crippen molar-refractivity contribution in [3.8, 4) is 5.69 Å². The SMILES string of the molecule is Cc1cc(/C=C2\C(=N)N3N=C(CC(=O)N4CCOCC4)SC3=NC2=O)c(C)n1-c1cccc2ccccc12. The second-order valence-corrected chi connectivity index (χ2v) is 10.4. The summed E-state index contributed by atoms with van der Waals surface area (Å²) in [5.41, 5.74) is 4.03. The van der Waals surface area contributed by atoms with Crippen molar-refractivity contribution in [3.05, 3.63) is 71.1 Å². The third-order valence-electron chi connectivity index (χ3n) is 6.94. The van der Waals surface area contributed by atoms with E-state index in [1.165, 1.54) is 16.8 Å². The molecule has 38 heavy (non-hydrogen) atoms. The molecule has 10 heteroatoms. The zero-order chi connectivity index (χ0) is 26.4. The number of hydrogen-bond acceptors (Lipinski definition) is 6. The molecule has 6 rings (SSSR count). The monoisotopic (exact) mass is 526 g/mol. The fraction of sp³-hybridized carbons (Fsp3) is 0.250. The average Bonchev–Trinajstić information content (AvgIpc) is 3.45. The topological polar surface area (TPSA) is 103 Å². The van der Waals surface area contributed by atoms with Crippen molar-refractivity contribution in [2.75, 3.05) is 26.3 Å². The number of hydrazone groups is 1. The molecule has 4 heterocycles. The van der Waals surface area contributed by atoms with Crippen LogP contribution >= 0.6 is 11.8 Å². The van der Waals surface area contributed by atoms with Gasteiger partial charge in [0.1, 0.15) is 5.04 Å². The molecule has 9 nitrogen and oxygen atoms in total. The van der Waals surface area contributed by atoms with Crippen LogP contribution in [0.2, 0.25) is 0 Å². The minimum Gasteiger partial charge on any atom is -0.378 e. The first kappa shape index (κ1) is 24.3. The van der Waals surface area contributed by atoms with Crippen LogP contribution in [0.1, 0.15) is 23.4 Å². The Bertz CT molecular complexity index is 1590. The van der Waals surface area contributed by atoms with Crippen molar-refractivity contribution < 1.29 is 14.3 Å². The Kier molecular flexibility index (Phi) is 6.21. The summed E-state index contributed by atoms with van der Waals surface area (Å²) in [5, 5.41) is 17.7. The third kappa shape index (κ3) is 4.25. The molecule has 0 saturated carbocycles. The minimum absolute atomic E-state index is 0.0451. The molecule has 0 bridgehead atoms. The van der Waals surface area contributed by atoms with Crippen molar-refractivity contribution in [1.82, 2.24) is 14.5 Å². The van der Waals surface area contributed by atoms with Gasteiger partial charge in [-0.1, -0.05) is 36.4 Å². The number of ether oxygens (including phenoxy) is 1. The predicted molar refractivity (Wildman–Crippen MR) is 150 cm³/mol. The summed E-state index contributed by atoms with van der Waals surface area (Å²) >= 11 is 1.17. The first-order valence-electron chi connectivity index (χ1n) is 12.4. The van der Waals surface area contributed by atoms with Gasteiger partial charge in [0, 0.05) is 29.9 Å². The van der Waals surface area contributed by atoms with E-state index in [0.29, 0.717) is 36.5 Å². The maximum absolute atomic E-state index is 13.0. The van der Waals surface area contributed by atoms with Gasteiger partial charge in [0.15, 0.2) is 5.84 Å². The number of aliphatic imine (C=N–C) groups is 1. The fourth-order valence-electron chi connectivity index (χ4n) is 5.02. The predicted octanol–water partition coefficient (Wildman–Crippen LogP) is 4.12. The summed E-state index contributed by atoms with van der Waals surface area (Å²) in [5.74, 6) is -0.578. The van der Waals surface area contributed by atoms with E-state index in [9.17, 15) is 9.59 Å². The van der Waals surface area contributed by atoms with Crippen LogP contribution in [0, 0.1) is 19.3 Å². The number of thioether (sulfide) groups is 1. The smallest absolute Gasteiger partial charge is 0.283 e. The molecule has 0 aliphatic carbocycles. The Morgan fingerprint density at radius 3 is 2.71 bits per heavy atom. The van der Waals surface area contributed by atoms with Crippen molar-refractivity contribution >= 4 is 56.5 Å². The van der Waals surface area contributed by atoms with Gasteiger partial charge >= 0.3 is 0 Å². The zero-order valence-corrected chi connectivity index (χ0v) is 21.9. The lowest BCUT2D eigenvalue weighted by atomic mass is 10.1. The first-order valence-corrected chi connectivity index (χ1v) is 13.2. The Morgan fingerprint density at radius 2 is 1.89 bits per heavy atom. The largest absolute Gasteiger partial charge is 0.378 e. The number of amides is 2. The molecule has 1 saturated heterocycles. The number of rotatable bonds is 4. The molecular weight excluding hydrogens is 500 g/mol. The van der Waals surface area contributed by atoms with Gasteiger partial charge in [-0.2, -0.15) is 15.1 Å². The Morgan fingerprint density at radius 1 is 1.13 bits per heavy atom. The quantitative estimate of drug-likeness (QED) is 0.516. The molecule has 3 aliphatic heterocycles. The zero-order valence-electron chi connectivity index (χ0n) is 21.1. The Balaban J connectivity index is 1.29. The minimum atomic E-state index is -0.486. The number of morpholine rings is 1. The van der Waals surface area contributed by atoms with Gasteiger partial charge in [0.25, 0.3) is 5.91 Å². The maximum atomic E-state index is 13.0. The second-order valence-electron chi connectivity index (χ2n) is 9.34. The molecule has 0 spiro atoms. The number of hydrogen-bond donors (Lipinski definition) is 1. The summed E-state index contributed by atoms with van der Waals surface area (Å²) < 4.78 is 7.48. The van der Waals surface area contributed by atoms with Crippen LogP contribution in [-0.2, 0) is 14.3 Å². The number of benzene rings is 2. The van der Waals surface area contributed by atoms with Gasteiger partial charge in [0.2, 0.25) is 11.1 Å². The summed E-state index contributed by atoms with van der Waals surface area (Å²) in [7, 11) is 0. The molecule has 192 valence electrons. The lowest BCUT2D eigenvalue weighted by Crippen LogP contribution is -2.41. The second kappa shape index (κ2) is 9.70. The van der Waals surface area contributed by atoms with E-state index in [-0.39, 0.29) is 23.7 Å². The van der Waals surface area contributed by atoms with E-state index in [4.69, 9.17) is 10.1 Å². The summed E-state index contributed by atoms with van der Waals surface area (Å²) in [6.45, 7) is 6.20. The Labute approximate surface area is 224 Å². The van der Waals surface area contributed by atoms with Crippen molar-refractivity contribution in [2.45, 2.75) is 20.3 Å². The van der Waals surface area contributed by atoms with Gasteiger partial charge in [-0.25, -0.2) is 0 Å². The molecule has 2 amide bonds. The van der Waals surface area contributed by atoms with Gasteiger partial charge in [-0.3, -0.25) is 15.0 Å². The van der Waals surface area contributed by atoms with Crippen LogP contribution < -0.4 is 0 Å². The molecule has 0 atom stereocenters. The molecule has 1 aromatic heterocycles. The number of aromatic nitrogens is 1. The molecule has 3 aromatic rings. The van der Waals surface area contributed by atoms with Crippen LogP contribution in [0.15, 0.2) is 64.2 Å². The number of carbonyl (C=O) groups is 2. The molecule has 2 aromatic carbocycles. The fourth-order valence-corrected chi connectivity index (χ4v) is 5.90. The third-order valence-corrected chi connectivity index (χ3v) is 7.85. The van der Waals surface area contributed by atoms with Crippen LogP contribution in [0.3, 0.4) is 0 Å². The van der Waals surface area contributed by atoms with Gasteiger partial charge < -0.3 is 14.2 Å². The van der Waals surface area contributed by atoms with Crippen molar-refractivity contribution in [2.24, 2.45) is 10.1 Å². The molecule has 0 unspecified atom stereocenters. The number of nitrogens with zero attached hydrogens (tertiary/aromatic N) is 5.